The maximum atomic E-state index is 2.30. The third kappa shape index (κ3) is 30.8. The molecule has 1 heteroatoms. The van der Waals surface area contributed by atoms with Crippen molar-refractivity contribution in [3.05, 3.63) is 405 Å². The Morgan fingerprint density at radius 1 is 0.172 bits per heavy atom. The van der Waals surface area contributed by atoms with Crippen LogP contribution in [0.25, 0.3) is 109 Å². The van der Waals surface area contributed by atoms with E-state index in [1.807, 2.05) is 194 Å². The molecule has 1 aromatic heterocycles. The molecule has 0 saturated carbocycles. The van der Waals surface area contributed by atoms with E-state index in [2.05, 4.69) is 381 Å². The number of aromatic nitrogens is 1. The van der Waals surface area contributed by atoms with Crippen LogP contribution >= 0.6 is 0 Å². The number of nitrogens with zero attached hydrogens (tertiary/aromatic N) is 1. The highest BCUT2D eigenvalue weighted by Gasteiger charge is 2.22. The molecule has 0 N–H and O–H groups in total. The van der Waals surface area contributed by atoms with Crippen LogP contribution < -0.4 is 0 Å². The van der Waals surface area contributed by atoms with E-state index >= 15 is 0 Å². The molecule has 16 aromatic carbocycles. The van der Waals surface area contributed by atoms with Crippen molar-refractivity contribution in [2.45, 2.75) is 261 Å². The fourth-order valence-corrected chi connectivity index (χ4v) is 15.6. The zero-order valence-corrected chi connectivity index (χ0v) is 86.5. The van der Waals surface area contributed by atoms with Crippen LogP contribution in [0.3, 0.4) is 0 Å². The van der Waals surface area contributed by atoms with Gasteiger partial charge in [0.15, 0.2) is 0 Å². The van der Waals surface area contributed by atoms with Gasteiger partial charge in [0, 0.05) is 28.9 Å². The van der Waals surface area contributed by atoms with E-state index in [9.17, 15) is 0 Å². The molecule has 4 aliphatic carbocycles. The Labute approximate surface area is 782 Å². The molecule has 0 amide bonds. The Morgan fingerprint density at radius 3 is 0.992 bits per heavy atom. The molecule has 0 radical (unpaired) electrons. The Balaban J connectivity index is 0.000000713. The molecule has 1 heterocycles. The molecule has 0 aliphatic heterocycles. The summed E-state index contributed by atoms with van der Waals surface area (Å²) in [5, 5.41) is 13.3. The van der Waals surface area contributed by atoms with Crippen molar-refractivity contribution in [1.82, 2.24) is 4.57 Å². The first-order valence-corrected chi connectivity index (χ1v) is 49.4. The zero-order chi connectivity index (χ0) is 96.2. The summed E-state index contributed by atoms with van der Waals surface area (Å²) in [5.74, 6) is 0. The third-order valence-electron chi connectivity index (χ3n) is 20.6. The van der Waals surface area contributed by atoms with Crippen molar-refractivity contribution in [2.24, 2.45) is 7.05 Å². The Morgan fingerprint density at radius 2 is 0.469 bits per heavy atom. The van der Waals surface area contributed by atoms with Gasteiger partial charge in [-0.05, 0) is 223 Å². The summed E-state index contributed by atoms with van der Waals surface area (Å²) in [7, 11) is 2.12. The molecule has 17 aromatic rings. The molecule has 0 bridgehead atoms. The summed E-state index contributed by atoms with van der Waals surface area (Å²) >= 11 is 0. The molecule has 0 saturated heterocycles. The Bertz CT molecular complexity index is 5830. The third-order valence-corrected chi connectivity index (χ3v) is 20.6. The number of fused-ring (bicyclic) bond motifs is 21. The number of hydrogen-bond donors (Lipinski definition) is 0. The molecule has 0 fully saturated rings. The number of hydrogen-bond acceptors (Lipinski definition) is 0. The van der Waals surface area contributed by atoms with Crippen LogP contribution in [-0.4, -0.2) is 4.57 Å². The van der Waals surface area contributed by atoms with E-state index in [1.165, 1.54) is 187 Å². The minimum atomic E-state index is 1.10. The van der Waals surface area contributed by atoms with Crippen LogP contribution in [0.5, 0.6) is 0 Å². The molecule has 1 nitrogen and oxygen atoms in total. The van der Waals surface area contributed by atoms with Crippen molar-refractivity contribution in [2.75, 3.05) is 0 Å². The van der Waals surface area contributed by atoms with Gasteiger partial charge in [0.05, 0.1) is 0 Å². The highest BCUT2D eigenvalue weighted by atomic mass is 14.9. The minimum Gasteiger partial charge on any atom is -0.344 e. The second-order valence-corrected chi connectivity index (χ2v) is 27.5. The van der Waals surface area contributed by atoms with Gasteiger partial charge in [-0.1, -0.05) is 532 Å². The van der Waals surface area contributed by atoms with Crippen molar-refractivity contribution in [3.8, 4) is 44.5 Å². The summed E-state index contributed by atoms with van der Waals surface area (Å²) in [5.41, 5.74) is 34.0. The monoisotopic (exact) mass is 1710 g/mol. The van der Waals surface area contributed by atoms with E-state index in [0.717, 1.165) is 25.7 Å². The molecular formula is C127H167N. The summed E-state index contributed by atoms with van der Waals surface area (Å²) in [6.07, 6.45) is 4.42. The first-order valence-electron chi connectivity index (χ1n) is 49.4. The van der Waals surface area contributed by atoms with Gasteiger partial charge in [-0.2, -0.15) is 0 Å². The van der Waals surface area contributed by atoms with E-state index in [0.29, 0.717) is 0 Å². The Hall–Kier alpha value is -11.6. The molecular weight excluding hydrogens is 1540 g/mol. The van der Waals surface area contributed by atoms with Gasteiger partial charge in [0.25, 0.3) is 0 Å². The largest absolute Gasteiger partial charge is 0.344 e. The summed E-state index contributed by atoms with van der Waals surface area (Å²) in [6, 6.07) is 118. The average Bonchev–Trinajstić information content (AvgIpc) is 1.66. The number of para-hydroxylation sites is 2. The van der Waals surface area contributed by atoms with Gasteiger partial charge in [0.1, 0.15) is 0 Å². The van der Waals surface area contributed by atoms with Crippen LogP contribution in [0, 0.1) is 41.5 Å². The summed E-state index contributed by atoms with van der Waals surface area (Å²) in [6.45, 7) is 69.0. The lowest BCUT2D eigenvalue weighted by atomic mass is 10.0. The Kier molecular flexibility index (Phi) is 58.8. The predicted octanol–water partition coefficient (Wildman–Crippen LogP) is 40.6. The van der Waals surface area contributed by atoms with Crippen molar-refractivity contribution < 1.29 is 0 Å². The van der Waals surface area contributed by atoms with Gasteiger partial charge in [-0.3, -0.25) is 0 Å². The smallest absolute Gasteiger partial charge is 0.0488 e. The first kappa shape index (κ1) is 114. The number of rotatable bonds is 0. The lowest BCUT2D eigenvalue weighted by Gasteiger charge is -2.04. The normalized spacial score (nSPS) is 9.87. The second-order valence-electron chi connectivity index (χ2n) is 27.5. The van der Waals surface area contributed by atoms with E-state index in [-0.39, 0.29) is 0 Å². The number of benzene rings is 16. The lowest BCUT2D eigenvalue weighted by Crippen LogP contribution is -1.84. The van der Waals surface area contributed by atoms with Crippen molar-refractivity contribution in [3.63, 3.8) is 0 Å². The average molecular weight is 1710 g/mol. The van der Waals surface area contributed by atoms with Crippen LogP contribution in [-0.2, 0) is 32.7 Å². The van der Waals surface area contributed by atoms with Crippen molar-refractivity contribution in [1.29, 1.82) is 0 Å². The second kappa shape index (κ2) is 65.9. The topological polar surface area (TPSA) is 4.93 Å². The van der Waals surface area contributed by atoms with E-state index < -0.39 is 0 Å². The molecule has 128 heavy (non-hydrogen) atoms. The zero-order valence-electron chi connectivity index (χ0n) is 86.5. The quantitative estimate of drug-likeness (QED) is 0.133. The fraction of sp³-hybridized carbons (Fsp3) is 0.307. The van der Waals surface area contributed by atoms with Crippen LogP contribution in [0.4, 0.5) is 0 Å². The van der Waals surface area contributed by atoms with Gasteiger partial charge in [-0.15, -0.1) is 0 Å². The molecule has 21 rings (SSSR count). The first-order chi connectivity index (χ1) is 63.0. The maximum Gasteiger partial charge on any atom is 0.0488 e. The molecule has 0 unspecified atom stereocenters. The fourth-order valence-electron chi connectivity index (χ4n) is 15.6. The standard InChI is InChI=1S/2C15H12.4C14H12.C13H11N.14C2H6/c1-11-6-9-15-13(10-11)8-7-12-4-2-3-5-14(12)15;1-11-6-7-13-9-8-12-4-2-3-5-14(12)15(13)10-11;1-10-5-4-7-12-9-11-6-2-3-8-13(11)14(10)12;1-10-5-4-8-13-12-7-3-2-6-11(12)9-14(10)13;1-10-6-7-14-12(8-10)9-11-4-2-3-5-13(11)14;1-10-6-7-12-9-11-4-2-3-5-13(11)14(12)8-10;1-14-12-8-4-2-6-10(12)11-7-3-5-9-13(11)14;14*1-2/h2*2-10H,1H3;4*2-8H,9H2,1H3;2-9H,1H3;14*1-2H3. The molecule has 0 atom stereocenters. The number of aryl methyl sites for hydroxylation is 7. The van der Waals surface area contributed by atoms with Crippen LogP contribution in [0.1, 0.15) is 272 Å². The predicted molar refractivity (Wildman–Crippen MR) is 589 cm³/mol. The van der Waals surface area contributed by atoms with E-state index in [4.69, 9.17) is 0 Å². The molecule has 0 spiro atoms. The molecule has 4 aliphatic rings. The van der Waals surface area contributed by atoms with Crippen molar-refractivity contribution >= 4 is 64.9 Å². The molecule has 680 valence electrons. The van der Waals surface area contributed by atoms with E-state index in [1.54, 1.807) is 0 Å². The minimum absolute atomic E-state index is 1.10. The van der Waals surface area contributed by atoms with Crippen LogP contribution in [0.2, 0.25) is 0 Å². The van der Waals surface area contributed by atoms with Gasteiger partial charge in [-0.25, -0.2) is 0 Å². The SMILES string of the molecule is CC.CC.CC.CC.CC.CC.CC.CC.CC.CC.CC.CC.CC.CC.Cc1ccc2c(c1)-c1ccccc1C2.Cc1ccc2c(c1)Cc1ccccc1-2.Cc1ccc2c(ccc3ccccc32)c1.Cc1ccc2ccc3ccccc3c2c1.Cc1cccc2c1-c1ccccc1C2.Cc1cccc2c1Cc1ccccc1-2.Cn1c2ccccc2c2ccccc21. The maximum absolute atomic E-state index is 2.30. The lowest BCUT2D eigenvalue weighted by molar-refractivity contribution is 1.01. The summed E-state index contributed by atoms with van der Waals surface area (Å²) in [4.78, 5) is 0. The van der Waals surface area contributed by atoms with Gasteiger partial charge in [0.2, 0.25) is 0 Å². The highest BCUT2D eigenvalue weighted by molar-refractivity contribution is 6.09. The summed E-state index contributed by atoms with van der Waals surface area (Å²) < 4.78 is 2.24. The van der Waals surface area contributed by atoms with Gasteiger partial charge < -0.3 is 4.57 Å². The highest BCUT2D eigenvalue weighted by Crippen LogP contribution is 2.42. The van der Waals surface area contributed by atoms with Gasteiger partial charge >= 0.3 is 0 Å². The van der Waals surface area contributed by atoms with Crippen LogP contribution in [0.15, 0.2) is 328 Å².